The first kappa shape index (κ1) is 17.0. The topological polar surface area (TPSA) is 48.7 Å². The summed E-state index contributed by atoms with van der Waals surface area (Å²) < 4.78 is 17.5. The number of benzene rings is 2. The summed E-state index contributed by atoms with van der Waals surface area (Å²) in [6, 6.07) is 11.6. The third-order valence-electron chi connectivity index (χ3n) is 5.99. The van der Waals surface area contributed by atoms with Crippen LogP contribution in [0.4, 0.5) is 0 Å². The lowest BCUT2D eigenvalue weighted by Crippen LogP contribution is -2.40. The number of fused-ring (bicyclic) bond motifs is 2. The fourth-order valence-electron chi connectivity index (χ4n) is 4.31. The van der Waals surface area contributed by atoms with Gasteiger partial charge in [0.15, 0.2) is 0 Å². The van der Waals surface area contributed by atoms with Crippen LogP contribution in [-0.2, 0) is 9.47 Å². The predicted octanol–water partition coefficient (Wildman–Crippen LogP) is 5.14. The minimum atomic E-state index is 0.00390. The summed E-state index contributed by atoms with van der Waals surface area (Å²) in [6.45, 7) is 10.2. The second-order valence-electron chi connectivity index (χ2n) is 9.30. The maximum absolute atomic E-state index is 13.2. The second kappa shape index (κ2) is 5.43. The van der Waals surface area contributed by atoms with Gasteiger partial charge < -0.3 is 13.9 Å². The predicted molar refractivity (Wildman–Crippen MR) is 105 cm³/mol. The lowest BCUT2D eigenvalue weighted by Gasteiger charge is -2.44. The Labute approximate surface area is 158 Å². The van der Waals surface area contributed by atoms with Crippen LogP contribution in [0.15, 0.2) is 45.6 Å². The molecule has 2 atom stereocenters. The van der Waals surface area contributed by atoms with Crippen LogP contribution >= 0.6 is 0 Å². The Hall–Kier alpha value is -2.17. The Kier molecular flexibility index (Phi) is 3.41. The summed E-state index contributed by atoms with van der Waals surface area (Å²) >= 11 is 0. The Bertz CT molecular complexity index is 1040. The van der Waals surface area contributed by atoms with Gasteiger partial charge in [-0.25, -0.2) is 0 Å². The first-order chi connectivity index (χ1) is 12.8. The molecule has 4 nitrogen and oxygen atoms in total. The second-order valence-corrected chi connectivity index (χ2v) is 9.30. The van der Waals surface area contributed by atoms with Gasteiger partial charge >= 0.3 is 0 Å². The molecule has 0 amide bonds. The molecule has 0 aliphatic carbocycles. The molecular formula is C23H24O4. The number of ether oxygens (including phenoxy) is 2. The molecule has 3 heterocycles. The highest BCUT2D eigenvalue weighted by molar-refractivity contribution is 5.90. The van der Waals surface area contributed by atoms with E-state index < -0.39 is 0 Å². The zero-order valence-electron chi connectivity index (χ0n) is 16.2. The summed E-state index contributed by atoms with van der Waals surface area (Å²) in [4.78, 5) is 13.2. The van der Waals surface area contributed by atoms with Gasteiger partial charge in [0.2, 0.25) is 5.43 Å². The molecule has 5 rings (SSSR count). The average molecular weight is 364 g/mol. The van der Waals surface area contributed by atoms with E-state index in [1.54, 1.807) is 0 Å². The van der Waals surface area contributed by atoms with E-state index in [4.69, 9.17) is 13.9 Å². The quantitative estimate of drug-likeness (QED) is 0.591. The van der Waals surface area contributed by atoms with Gasteiger partial charge in [-0.15, -0.1) is 0 Å². The summed E-state index contributed by atoms with van der Waals surface area (Å²) in [7, 11) is 0. The summed E-state index contributed by atoms with van der Waals surface area (Å²) in [6.07, 6.45) is 0.0417. The molecule has 2 fully saturated rings. The Morgan fingerprint density at radius 1 is 0.778 bits per heavy atom. The van der Waals surface area contributed by atoms with Crippen molar-refractivity contribution in [3.05, 3.63) is 57.7 Å². The van der Waals surface area contributed by atoms with E-state index in [0.717, 1.165) is 24.3 Å². The molecule has 2 aliphatic heterocycles. The molecule has 1 aromatic heterocycles. The molecule has 2 saturated heterocycles. The van der Waals surface area contributed by atoms with Gasteiger partial charge in [0, 0.05) is 10.8 Å². The minimum Gasteiger partial charge on any atom is -0.456 e. The monoisotopic (exact) mass is 364 g/mol. The van der Waals surface area contributed by atoms with Crippen molar-refractivity contribution in [2.24, 2.45) is 10.8 Å². The van der Waals surface area contributed by atoms with Crippen molar-refractivity contribution in [1.29, 1.82) is 0 Å². The van der Waals surface area contributed by atoms with Crippen molar-refractivity contribution in [3.8, 4) is 0 Å². The molecule has 2 aliphatic rings. The fraction of sp³-hybridized carbons (Fsp3) is 0.435. The van der Waals surface area contributed by atoms with Gasteiger partial charge in [0.25, 0.3) is 0 Å². The van der Waals surface area contributed by atoms with Crippen LogP contribution in [0, 0.1) is 10.8 Å². The standard InChI is InChI=1S/C23H24O4/c1-22(2)11-25-20(22)13-5-7-17-15(9-13)19(24)16-10-14(6-8-18(16)27-17)21-23(3,4)12-26-21/h5-10,20-21H,11-12H2,1-4H3. The molecular weight excluding hydrogens is 340 g/mol. The van der Waals surface area contributed by atoms with Crippen molar-refractivity contribution in [1.82, 2.24) is 0 Å². The Morgan fingerprint density at radius 2 is 1.22 bits per heavy atom. The Balaban J connectivity index is 1.66. The zero-order chi connectivity index (χ0) is 19.0. The number of hydrogen-bond acceptors (Lipinski definition) is 4. The molecule has 0 bridgehead atoms. The van der Waals surface area contributed by atoms with Gasteiger partial charge in [-0.2, -0.15) is 0 Å². The van der Waals surface area contributed by atoms with Crippen molar-refractivity contribution >= 4 is 21.9 Å². The van der Waals surface area contributed by atoms with E-state index in [9.17, 15) is 4.79 Å². The van der Waals surface area contributed by atoms with Crippen LogP contribution in [-0.4, -0.2) is 13.2 Å². The summed E-state index contributed by atoms with van der Waals surface area (Å²) in [5, 5.41) is 1.22. The van der Waals surface area contributed by atoms with Crippen LogP contribution in [0.1, 0.15) is 51.0 Å². The molecule has 4 heteroatoms. The van der Waals surface area contributed by atoms with Crippen LogP contribution in [0.5, 0.6) is 0 Å². The van der Waals surface area contributed by atoms with Gasteiger partial charge in [0.05, 0.1) is 36.2 Å². The molecule has 2 aromatic carbocycles. The van der Waals surface area contributed by atoms with Crippen LogP contribution in [0.2, 0.25) is 0 Å². The Morgan fingerprint density at radius 3 is 1.56 bits per heavy atom. The SMILES string of the molecule is CC1(C)COC1c1ccc2oc3ccc(C4OCC4(C)C)cc3c(=O)c2c1. The molecule has 3 aromatic rings. The first-order valence-electron chi connectivity index (χ1n) is 9.50. The van der Waals surface area contributed by atoms with E-state index in [1.807, 2.05) is 36.4 Å². The smallest absolute Gasteiger partial charge is 0.200 e. The molecule has 140 valence electrons. The van der Waals surface area contributed by atoms with Gasteiger partial charge in [-0.3, -0.25) is 4.79 Å². The highest BCUT2D eigenvalue weighted by Gasteiger charge is 2.42. The fourth-order valence-corrected chi connectivity index (χ4v) is 4.31. The van der Waals surface area contributed by atoms with Gasteiger partial charge in [0.1, 0.15) is 11.2 Å². The largest absolute Gasteiger partial charge is 0.456 e. The maximum Gasteiger partial charge on any atom is 0.200 e. The summed E-state index contributed by atoms with van der Waals surface area (Å²) in [5.74, 6) is 0. The van der Waals surface area contributed by atoms with Gasteiger partial charge in [-0.05, 0) is 35.4 Å². The van der Waals surface area contributed by atoms with Crippen LogP contribution in [0.25, 0.3) is 21.9 Å². The molecule has 0 saturated carbocycles. The minimum absolute atomic E-state index is 0.00390. The van der Waals surface area contributed by atoms with E-state index in [0.29, 0.717) is 21.9 Å². The molecule has 0 N–H and O–H groups in total. The van der Waals surface area contributed by atoms with Crippen LogP contribution < -0.4 is 5.43 Å². The van der Waals surface area contributed by atoms with Crippen molar-refractivity contribution in [3.63, 3.8) is 0 Å². The maximum atomic E-state index is 13.2. The number of rotatable bonds is 2. The normalized spacial score (nSPS) is 25.9. The highest BCUT2D eigenvalue weighted by atomic mass is 16.5. The van der Waals surface area contributed by atoms with Crippen molar-refractivity contribution in [2.75, 3.05) is 13.2 Å². The van der Waals surface area contributed by atoms with E-state index >= 15 is 0 Å². The highest BCUT2D eigenvalue weighted by Crippen LogP contribution is 2.47. The molecule has 2 unspecified atom stereocenters. The number of hydrogen-bond donors (Lipinski definition) is 0. The first-order valence-corrected chi connectivity index (χ1v) is 9.50. The third kappa shape index (κ3) is 2.47. The van der Waals surface area contributed by atoms with E-state index in [1.165, 1.54) is 0 Å². The summed E-state index contributed by atoms with van der Waals surface area (Å²) in [5.41, 5.74) is 3.47. The lowest BCUT2D eigenvalue weighted by molar-refractivity contribution is -0.171. The lowest BCUT2D eigenvalue weighted by atomic mass is 9.78. The van der Waals surface area contributed by atoms with E-state index in [-0.39, 0.29) is 28.5 Å². The van der Waals surface area contributed by atoms with Crippen LogP contribution in [0.3, 0.4) is 0 Å². The van der Waals surface area contributed by atoms with Crippen molar-refractivity contribution < 1.29 is 13.9 Å². The molecule has 0 radical (unpaired) electrons. The van der Waals surface area contributed by atoms with Gasteiger partial charge in [-0.1, -0.05) is 39.8 Å². The molecule has 0 spiro atoms. The zero-order valence-corrected chi connectivity index (χ0v) is 16.2. The average Bonchev–Trinajstić information content (AvgIpc) is 2.61. The molecule has 27 heavy (non-hydrogen) atoms. The third-order valence-corrected chi connectivity index (χ3v) is 5.99. The van der Waals surface area contributed by atoms with Crippen molar-refractivity contribution in [2.45, 2.75) is 39.9 Å². The van der Waals surface area contributed by atoms with E-state index in [2.05, 4.69) is 27.7 Å².